The third kappa shape index (κ3) is 4.60. The van der Waals surface area contributed by atoms with Gasteiger partial charge in [0, 0.05) is 18.2 Å². The zero-order valence-electron chi connectivity index (χ0n) is 17.4. The summed E-state index contributed by atoms with van der Waals surface area (Å²) in [6, 6.07) is 7.18. The predicted octanol–water partition coefficient (Wildman–Crippen LogP) is 4.01. The van der Waals surface area contributed by atoms with E-state index in [0.29, 0.717) is 24.6 Å². The first kappa shape index (κ1) is 21.7. The summed E-state index contributed by atoms with van der Waals surface area (Å²) in [5.41, 5.74) is 1.78. The molecule has 0 aliphatic carbocycles. The molecule has 2 heterocycles. The van der Waals surface area contributed by atoms with Crippen molar-refractivity contribution in [3.8, 4) is 11.4 Å². The number of anilines is 1. The highest BCUT2D eigenvalue weighted by molar-refractivity contribution is 5.95. The second kappa shape index (κ2) is 9.23. The van der Waals surface area contributed by atoms with E-state index in [1.165, 1.54) is 6.08 Å². The van der Waals surface area contributed by atoms with E-state index in [2.05, 4.69) is 16.9 Å². The summed E-state index contributed by atoms with van der Waals surface area (Å²) in [6.45, 7) is 5.12. The quantitative estimate of drug-likeness (QED) is 0.366. The van der Waals surface area contributed by atoms with Crippen molar-refractivity contribution in [2.24, 2.45) is 0 Å². The number of hydrogen-bond donors (Lipinski definition) is 2. The number of aromatic nitrogens is 2. The molecule has 1 aliphatic rings. The fraction of sp³-hybridized carbons (Fsp3) is 0.409. The Morgan fingerprint density at radius 2 is 1.97 bits per heavy atom. The maximum Gasteiger partial charge on any atom is 0.367 e. The van der Waals surface area contributed by atoms with Gasteiger partial charge in [0.1, 0.15) is 5.82 Å². The fourth-order valence-electron chi connectivity index (χ4n) is 3.52. The molecule has 8 heteroatoms. The minimum Gasteiger partial charge on any atom is -0.624 e. The minimum absolute atomic E-state index is 0.0923. The van der Waals surface area contributed by atoms with Gasteiger partial charge in [-0.3, -0.25) is 4.65 Å². The summed E-state index contributed by atoms with van der Waals surface area (Å²) in [4.78, 5) is 33.3. The Morgan fingerprint density at radius 1 is 1.27 bits per heavy atom. The van der Waals surface area contributed by atoms with Gasteiger partial charge in [-0.05, 0) is 24.5 Å². The number of aromatic amines is 1. The predicted molar refractivity (Wildman–Crippen MR) is 116 cm³/mol. The van der Waals surface area contributed by atoms with Gasteiger partial charge in [0.2, 0.25) is 0 Å². The molecule has 0 spiro atoms. The van der Waals surface area contributed by atoms with E-state index in [1.54, 1.807) is 12.1 Å². The van der Waals surface area contributed by atoms with E-state index in [0.717, 1.165) is 36.5 Å². The lowest BCUT2D eigenvalue weighted by molar-refractivity contribution is -0.799. The number of benzene rings is 1. The van der Waals surface area contributed by atoms with Gasteiger partial charge in [-0.15, -0.1) is 0 Å². The molecule has 1 amide bonds. The fourth-order valence-corrected chi connectivity index (χ4v) is 3.52. The van der Waals surface area contributed by atoms with Crippen molar-refractivity contribution < 1.29 is 19.3 Å². The number of fused-ring (bicyclic) bond motifs is 1. The van der Waals surface area contributed by atoms with Crippen LogP contribution in [0.1, 0.15) is 55.6 Å². The Hall–Kier alpha value is -2.97. The maximum atomic E-state index is 13.3. The van der Waals surface area contributed by atoms with E-state index >= 15 is 0 Å². The first-order valence-corrected chi connectivity index (χ1v) is 10.4. The molecule has 0 saturated carbocycles. The maximum absolute atomic E-state index is 13.3. The normalized spacial score (nSPS) is 18.8. The number of aliphatic carboxylic acids is 1. The highest BCUT2D eigenvalue weighted by Gasteiger charge is 2.41. The Bertz CT molecular complexity index is 935. The molecule has 3 rings (SSSR count). The van der Waals surface area contributed by atoms with Gasteiger partial charge in [0.15, 0.2) is 18.2 Å². The van der Waals surface area contributed by atoms with Gasteiger partial charge in [0.25, 0.3) is 0 Å². The largest absolute Gasteiger partial charge is 0.624 e. The number of rotatable bonds is 9. The number of quaternary nitrogens is 1. The van der Waals surface area contributed by atoms with Gasteiger partial charge < -0.3 is 20.2 Å². The van der Waals surface area contributed by atoms with Gasteiger partial charge >= 0.3 is 11.9 Å². The molecule has 0 fully saturated rings. The van der Waals surface area contributed by atoms with Crippen molar-refractivity contribution in [1.29, 1.82) is 0 Å². The molecule has 1 atom stereocenters. The zero-order chi connectivity index (χ0) is 21.7. The molecule has 30 heavy (non-hydrogen) atoms. The van der Waals surface area contributed by atoms with E-state index in [9.17, 15) is 14.8 Å². The smallest absolute Gasteiger partial charge is 0.367 e. The summed E-state index contributed by atoms with van der Waals surface area (Å²) in [7, 11) is 0. The van der Waals surface area contributed by atoms with Crippen LogP contribution in [0.15, 0.2) is 30.3 Å². The standard InChI is InChI=1S/C22H28N4O4/c1-3-5-13-25-15-26(30,14-6-4-2)22(29)19-21(25)24-20(23-19)17-10-7-16(8-11-17)9-12-18(27)28/h7-12H,3-6,13-15H2,1-2H3,(H,23,24)(H,27,28)/b12-9+. The summed E-state index contributed by atoms with van der Waals surface area (Å²) in [6.07, 6.45) is 6.02. The first-order valence-electron chi connectivity index (χ1n) is 10.4. The topological polar surface area (TPSA) is 109 Å². The van der Waals surface area contributed by atoms with Crippen molar-refractivity contribution in [3.63, 3.8) is 0 Å². The number of nitrogens with one attached hydrogen (secondary N) is 1. The summed E-state index contributed by atoms with van der Waals surface area (Å²) < 4.78 is -0.884. The molecule has 0 bridgehead atoms. The van der Waals surface area contributed by atoms with Crippen LogP contribution in [0.5, 0.6) is 0 Å². The van der Waals surface area contributed by atoms with Crippen LogP contribution < -0.4 is 4.90 Å². The lowest BCUT2D eigenvalue weighted by Gasteiger charge is -2.45. The van der Waals surface area contributed by atoms with E-state index in [-0.39, 0.29) is 18.9 Å². The summed E-state index contributed by atoms with van der Waals surface area (Å²) in [5, 5.41) is 22.1. The Labute approximate surface area is 176 Å². The number of carboxylic acid groups (broad SMARTS) is 1. The molecular formula is C22H28N4O4. The van der Waals surface area contributed by atoms with Crippen molar-refractivity contribution in [1.82, 2.24) is 9.97 Å². The molecule has 0 radical (unpaired) electrons. The number of carbonyl (C=O) groups excluding carboxylic acids is 1. The molecule has 1 aromatic carbocycles. The van der Waals surface area contributed by atoms with Crippen LogP contribution in [0.2, 0.25) is 0 Å². The molecule has 1 aromatic heterocycles. The second-order valence-corrected chi connectivity index (χ2v) is 7.61. The summed E-state index contributed by atoms with van der Waals surface area (Å²) in [5.74, 6) is -0.413. The van der Waals surface area contributed by atoms with Crippen LogP contribution >= 0.6 is 0 Å². The van der Waals surface area contributed by atoms with Crippen LogP contribution in [0.25, 0.3) is 17.5 Å². The van der Waals surface area contributed by atoms with Crippen LogP contribution in [0.3, 0.4) is 0 Å². The monoisotopic (exact) mass is 412 g/mol. The van der Waals surface area contributed by atoms with E-state index in [1.807, 2.05) is 24.0 Å². The van der Waals surface area contributed by atoms with Crippen LogP contribution in [0, 0.1) is 5.21 Å². The van der Waals surface area contributed by atoms with Crippen molar-refractivity contribution >= 4 is 23.8 Å². The van der Waals surface area contributed by atoms with Gasteiger partial charge in [-0.1, -0.05) is 51.0 Å². The highest BCUT2D eigenvalue weighted by atomic mass is 16.6. The van der Waals surface area contributed by atoms with E-state index in [4.69, 9.17) is 5.11 Å². The number of hydrogen-bond acceptors (Lipinski definition) is 5. The van der Waals surface area contributed by atoms with Crippen molar-refractivity contribution in [3.05, 3.63) is 46.8 Å². The van der Waals surface area contributed by atoms with Crippen molar-refractivity contribution in [2.45, 2.75) is 39.5 Å². The van der Waals surface area contributed by atoms with Gasteiger partial charge in [0.05, 0.1) is 6.54 Å². The van der Waals surface area contributed by atoms with Crippen LogP contribution in [-0.4, -0.2) is 51.4 Å². The highest BCUT2D eigenvalue weighted by Crippen LogP contribution is 2.32. The van der Waals surface area contributed by atoms with Crippen molar-refractivity contribution in [2.75, 3.05) is 24.7 Å². The Balaban J connectivity index is 1.93. The number of amides is 1. The molecule has 2 aromatic rings. The number of carboxylic acids is 1. The molecule has 8 nitrogen and oxygen atoms in total. The lowest BCUT2D eigenvalue weighted by Crippen LogP contribution is -2.58. The zero-order valence-corrected chi connectivity index (χ0v) is 17.4. The Kier molecular flexibility index (Phi) is 6.69. The minimum atomic E-state index is -1.01. The number of H-pyrrole nitrogens is 1. The average molecular weight is 412 g/mol. The molecule has 160 valence electrons. The summed E-state index contributed by atoms with van der Waals surface area (Å²) >= 11 is 0. The third-order valence-electron chi connectivity index (χ3n) is 5.22. The van der Waals surface area contributed by atoms with E-state index < -0.39 is 16.5 Å². The number of carbonyl (C=O) groups is 2. The van der Waals surface area contributed by atoms with Gasteiger partial charge in [-0.2, -0.15) is 0 Å². The number of imidazole rings is 1. The molecule has 1 unspecified atom stereocenters. The third-order valence-corrected chi connectivity index (χ3v) is 5.22. The number of hydroxylamine groups is 3. The molecule has 0 saturated heterocycles. The average Bonchev–Trinajstić information content (AvgIpc) is 3.19. The number of nitrogens with zero attached hydrogens (tertiary/aromatic N) is 3. The van der Waals surface area contributed by atoms with Crippen LogP contribution in [-0.2, 0) is 4.79 Å². The molecule has 2 N–H and O–H groups in total. The molecular weight excluding hydrogens is 384 g/mol. The van der Waals surface area contributed by atoms with Gasteiger partial charge in [-0.25, -0.2) is 14.6 Å². The Morgan fingerprint density at radius 3 is 2.60 bits per heavy atom. The number of unbranched alkanes of at least 4 members (excludes halogenated alkanes) is 2. The van der Waals surface area contributed by atoms with Crippen LogP contribution in [0.4, 0.5) is 5.82 Å². The second-order valence-electron chi connectivity index (χ2n) is 7.61. The lowest BCUT2D eigenvalue weighted by atomic mass is 10.1. The molecule has 1 aliphatic heterocycles. The SMILES string of the molecule is CCCCN1C[N+]([O-])(CCCC)C(=O)c2[nH]c(-c3ccc(/C=C/C(=O)O)cc3)nc21. The first-order chi connectivity index (χ1) is 14.4.